The summed E-state index contributed by atoms with van der Waals surface area (Å²) in [6.07, 6.45) is 1.94. The molecule has 0 aliphatic carbocycles. The Morgan fingerprint density at radius 3 is 2.89 bits per heavy atom. The second-order valence-electron chi connectivity index (χ2n) is 5.43. The molecule has 2 rings (SSSR count). The van der Waals surface area contributed by atoms with Gasteiger partial charge >= 0.3 is 5.97 Å². The number of nitrogens with one attached hydrogen (secondary N) is 1. The summed E-state index contributed by atoms with van der Waals surface area (Å²) < 4.78 is 5.36. The maximum Gasteiger partial charge on any atom is 0.303 e. The number of likely N-dealkylation sites (tertiary alicyclic amines) is 1. The third kappa shape index (κ3) is 3.45. The van der Waals surface area contributed by atoms with Crippen LogP contribution in [0.3, 0.4) is 0 Å². The Bertz CT molecular complexity index is 348. The number of likely N-dealkylation sites (N-methyl/N-ethyl adjacent to an activating group) is 1. The topological polar surface area (TPSA) is 78.9 Å². The van der Waals surface area contributed by atoms with E-state index in [-0.39, 0.29) is 30.2 Å². The maximum absolute atomic E-state index is 12.5. The molecule has 19 heavy (non-hydrogen) atoms. The Morgan fingerprint density at radius 1 is 1.42 bits per heavy atom. The van der Waals surface area contributed by atoms with E-state index in [4.69, 9.17) is 9.84 Å². The van der Waals surface area contributed by atoms with Crippen molar-refractivity contribution in [3.8, 4) is 0 Å². The molecule has 0 radical (unpaired) electrons. The van der Waals surface area contributed by atoms with Crippen molar-refractivity contribution in [1.82, 2.24) is 10.2 Å². The van der Waals surface area contributed by atoms with Crippen molar-refractivity contribution >= 4 is 11.9 Å². The number of amides is 1. The molecule has 0 spiro atoms. The van der Waals surface area contributed by atoms with Crippen LogP contribution in [0, 0.1) is 11.8 Å². The van der Waals surface area contributed by atoms with Crippen molar-refractivity contribution in [2.24, 2.45) is 11.8 Å². The second kappa shape index (κ2) is 6.34. The Morgan fingerprint density at radius 2 is 2.21 bits per heavy atom. The third-order valence-electron chi connectivity index (χ3n) is 4.06. The molecule has 0 saturated carbocycles. The number of carbonyl (C=O) groups is 2. The van der Waals surface area contributed by atoms with E-state index >= 15 is 0 Å². The lowest BCUT2D eigenvalue weighted by molar-refractivity contribution is -0.142. The van der Waals surface area contributed by atoms with Crippen molar-refractivity contribution in [2.45, 2.75) is 25.3 Å². The number of piperidine rings is 1. The summed E-state index contributed by atoms with van der Waals surface area (Å²) in [5, 5.41) is 12.0. The first-order chi connectivity index (χ1) is 9.11. The largest absolute Gasteiger partial charge is 0.481 e. The van der Waals surface area contributed by atoms with Gasteiger partial charge < -0.3 is 20.1 Å². The molecule has 6 heteroatoms. The Balaban J connectivity index is 1.93. The van der Waals surface area contributed by atoms with Crippen molar-refractivity contribution in [3.63, 3.8) is 0 Å². The van der Waals surface area contributed by atoms with E-state index in [1.165, 1.54) is 0 Å². The number of carboxylic acid groups (broad SMARTS) is 1. The molecule has 2 fully saturated rings. The van der Waals surface area contributed by atoms with Crippen LogP contribution in [0.25, 0.3) is 0 Å². The minimum absolute atomic E-state index is 0.0763. The molecule has 2 aliphatic rings. The van der Waals surface area contributed by atoms with E-state index in [2.05, 4.69) is 5.32 Å². The van der Waals surface area contributed by atoms with Gasteiger partial charge in [-0.1, -0.05) is 0 Å². The molecule has 0 aromatic heterocycles. The van der Waals surface area contributed by atoms with Gasteiger partial charge in [0.2, 0.25) is 5.91 Å². The Hall–Kier alpha value is -1.14. The summed E-state index contributed by atoms with van der Waals surface area (Å²) >= 11 is 0. The number of rotatable bonds is 4. The van der Waals surface area contributed by atoms with Crippen molar-refractivity contribution < 1.29 is 19.4 Å². The first-order valence-corrected chi connectivity index (χ1v) is 6.87. The molecule has 0 bridgehead atoms. The van der Waals surface area contributed by atoms with E-state index in [0.717, 1.165) is 19.4 Å². The molecule has 3 unspecified atom stereocenters. The second-order valence-corrected chi connectivity index (χ2v) is 5.43. The third-order valence-corrected chi connectivity index (χ3v) is 4.06. The standard InChI is InChI=1S/C13H22N2O4/c1-14-11-8-19-7-10(11)13(18)15-4-2-3-9(6-15)5-12(16)17/h9-11,14H,2-8H2,1H3,(H,16,17). The zero-order chi connectivity index (χ0) is 13.8. The lowest BCUT2D eigenvalue weighted by atomic mass is 9.93. The maximum atomic E-state index is 12.5. The van der Waals surface area contributed by atoms with Crippen LogP contribution in [-0.4, -0.2) is 61.3 Å². The highest BCUT2D eigenvalue weighted by Gasteiger charge is 2.37. The summed E-state index contributed by atoms with van der Waals surface area (Å²) in [5.41, 5.74) is 0. The zero-order valence-electron chi connectivity index (χ0n) is 11.3. The minimum atomic E-state index is -0.781. The van der Waals surface area contributed by atoms with Gasteiger partial charge in [-0.15, -0.1) is 0 Å². The first kappa shape index (κ1) is 14.3. The fourth-order valence-corrected chi connectivity index (χ4v) is 3.00. The smallest absolute Gasteiger partial charge is 0.303 e. The van der Waals surface area contributed by atoms with E-state index in [9.17, 15) is 9.59 Å². The highest BCUT2D eigenvalue weighted by molar-refractivity contribution is 5.80. The molecular weight excluding hydrogens is 248 g/mol. The molecule has 0 aromatic carbocycles. The molecule has 2 aliphatic heterocycles. The summed E-state index contributed by atoms with van der Waals surface area (Å²) in [6.45, 7) is 2.34. The van der Waals surface area contributed by atoms with Gasteiger partial charge in [-0.05, 0) is 25.8 Å². The van der Waals surface area contributed by atoms with Gasteiger partial charge in [0.1, 0.15) is 0 Å². The number of ether oxygens (including phenoxy) is 1. The average Bonchev–Trinajstić information content (AvgIpc) is 2.85. The number of aliphatic carboxylic acids is 1. The number of carbonyl (C=O) groups excluding carboxylic acids is 1. The van der Waals surface area contributed by atoms with E-state index in [1.807, 2.05) is 11.9 Å². The SMILES string of the molecule is CNC1COCC1C(=O)N1CCCC(CC(=O)O)C1. The van der Waals surface area contributed by atoms with Gasteiger partial charge in [-0.2, -0.15) is 0 Å². The van der Waals surface area contributed by atoms with Crippen molar-refractivity contribution in [2.75, 3.05) is 33.4 Å². The van der Waals surface area contributed by atoms with Crippen LogP contribution in [0.1, 0.15) is 19.3 Å². The van der Waals surface area contributed by atoms with E-state index in [0.29, 0.717) is 19.8 Å². The first-order valence-electron chi connectivity index (χ1n) is 6.87. The number of carboxylic acids is 1. The van der Waals surface area contributed by atoms with Crippen LogP contribution in [-0.2, 0) is 14.3 Å². The van der Waals surface area contributed by atoms with Crippen LogP contribution in [0.5, 0.6) is 0 Å². The lowest BCUT2D eigenvalue weighted by Gasteiger charge is -2.34. The number of hydrogen-bond acceptors (Lipinski definition) is 4. The van der Waals surface area contributed by atoms with Crippen LogP contribution in [0.2, 0.25) is 0 Å². The monoisotopic (exact) mass is 270 g/mol. The molecule has 6 nitrogen and oxygen atoms in total. The van der Waals surface area contributed by atoms with Gasteiger partial charge in [-0.3, -0.25) is 9.59 Å². The molecule has 0 aromatic rings. The highest BCUT2D eigenvalue weighted by Crippen LogP contribution is 2.23. The normalized spacial score (nSPS) is 31.4. The predicted molar refractivity (Wildman–Crippen MR) is 68.7 cm³/mol. The van der Waals surface area contributed by atoms with Crippen molar-refractivity contribution in [3.05, 3.63) is 0 Å². The molecule has 3 atom stereocenters. The fourth-order valence-electron chi connectivity index (χ4n) is 3.00. The van der Waals surface area contributed by atoms with Gasteiger partial charge in [-0.25, -0.2) is 0 Å². The number of nitrogens with zero attached hydrogens (tertiary/aromatic N) is 1. The highest BCUT2D eigenvalue weighted by atomic mass is 16.5. The minimum Gasteiger partial charge on any atom is -0.481 e. The summed E-state index contributed by atoms with van der Waals surface area (Å²) in [5.74, 6) is -0.720. The van der Waals surface area contributed by atoms with E-state index < -0.39 is 5.97 Å². The summed E-state index contributed by atoms with van der Waals surface area (Å²) in [7, 11) is 1.84. The number of hydrogen-bond donors (Lipinski definition) is 2. The Labute approximate surface area is 113 Å². The van der Waals surface area contributed by atoms with Crippen molar-refractivity contribution in [1.29, 1.82) is 0 Å². The van der Waals surface area contributed by atoms with Gasteiger partial charge in [0.05, 0.1) is 19.1 Å². The van der Waals surface area contributed by atoms with Crippen LogP contribution < -0.4 is 5.32 Å². The zero-order valence-corrected chi connectivity index (χ0v) is 11.3. The fraction of sp³-hybridized carbons (Fsp3) is 0.846. The molecule has 2 heterocycles. The Kier molecular flexibility index (Phi) is 4.76. The molecule has 2 saturated heterocycles. The van der Waals surface area contributed by atoms with Gasteiger partial charge in [0, 0.05) is 25.6 Å². The summed E-state index contributed by atoms with van der Waals surface area (Å²) in [6, 6.07) is 0.0763. The molecule has 2 N–H and O–H groups in total. The van der Waals surface area contributed by atoms with Gasteiger partial charge in [0.15, 0.2) is 0 Å². The molecular formula is C13H22N2O4. The summed E-state index contributed by atoms with van der Waals surface area (Å²) in [4.78, 5) is 25.0. The van der Waals surface area contributed by atoms with Crippen LogP contribution in [0.4, 0.5) is 0 Å². The van der Waals surface area contributed by atoms with E-state index in [1.54, 1.807) is 0 Å². The molecule has 108 valence electrons. The van der Waals surface area contributed by atoms with Crippen LogP contribution in [0.15, 0.2) is 0 Å². The average molecular weight is 270 g/mol. The van der Waals surface area contributed by atoms with Gasteiger partial charge in [0.25, 0.3) is 0 Å². The lowest BCUT2D eigenvalue weighted by Crippen LogP contribution is -2.48. The predicted octanol–water partition coefficient (Wildman–Crippen LogP) is -0.0659. The van der Waals surface area contributed by atoms with Crippen LogP contribution >= 0.6 is 0 Å². The quantitative estimate of drug-likeness (QED) is 0.748. The molecule has 1 amide bonds.